The van der Waals surface area contributed by atoms with Gasteiger partial charge in [0.15, 0.2) is 0 Å². The predicted octanol–water partition coefficient (Wildman–Crippen LogP) is 2.71. The largest absolute Gasteiger partial charge is 0.328 e. The highest BCUT2D eigenvalue weighted by atomic mass is 32.2. The number of carbonyl (C=O) groups is 2. The molecule has 0 N–H and O–H groups in total. The van der Waals surface area contributed by atoms with Crippen LogP contribution in [-0.4, -0.2) is 31.2 Å². The number of hydrogen-bond donors (Lipinski definition) is 0. The van der Waals surface area contributed by atoms with Crippen molar-refractivity contribution in [1.29, 1.82) is 0 Å². The van der Waals surface area contributed by atoms with Gasteiger partial charge in [-0.25, -0.2) is 4.79 Å². The number of carbonyl (C=O) groups excluding carboxylic acids is 2. The Kier molecular flexibility index (Phi) is 4.13. The fourth-order valence-electron chi connectivity index (χ4n) is 2.81. The second-order valence-corrected chi connectivity index (χ2v) is 6.95. The molecule has 0 saturated carbocycles. The summed E-state index contributed by atoms with van der Waals surface area (Å²) in [5.41, 5.74) is 2.31. The molecule has 1 atom stereocenters. The van der Waals surface area contributed by atoms with Crippen LogP contribution in [0.3, 0.4) is 0 Å². The first-order chi connectivity index (χ1) is 11.3. The van der Waals surface area contributed by atoms with E-state index in [1.54, 1.807) is 29.3 Å². The molecule has 24 heavy (non-hydrogen) atoms. The molecule has 0 radical (unpaired) electrons. The molecule has 0 bridgehead atoms. The molecule has 2 heterocycles. The normalized spacial score (nSPS) is 18.2. The van der Waals surface area contributed by atoms with Crippen LogP contribution in [0, 0.1) is 0 Å². The van der Waals surface area contributed by atoms with E-state index >= 15 is 0 Å². The number of nitrogens with zero attached hydrogens (tertiary/aromatic N) is 3. The van der Waals surface area contributed by atoms with Gasteiger partial charge < -0.3 is 0 Å². The zero-order valence-corrected chi connectivity index (χ0v) is 14.9. The van der Waals surface area contributed by atoms with Crippen LogP contribution in [0.2, 0.25) is 0 Å². The van der Waals surface area contributed by atoms with E-state index in [0.29, 0.717) is 4.91 Å². The third-order valence-corrected chi connectivity index (χ3v) is 5.33. The third-order valence-electron chi connectivity index (χ3n) is 4.45. The molecule has 1 saturated heterocycles. The van der Waals surface area contributed by atoms with Gasteiger partial charge in [-0.3, -0.25) is 23.6 Å². The van der Waals surface area contributed by atoms with Crippen molar-refractivity contribution in [3.63, 3.8) is 0 Å². The average Bonchev–Trinajstić information content (AvgIpc) is 2.96. The summed E-state index contributed by atoms with van der Waals surface area (Å²) in [5.74, 6) is -0.249. The second-order valence-electron chi connectivity index (χ2n) is 5.96. The van der Waals surface area contributed by atoms with E-state index in [1.807, 2.05) is 32.0 Å². The van der Waals surface area contributed by atoms with Crippen molar-refractivity contribution in [3.05, 3.63) is 39.2 Å². The fourth-order valence-corrected chi connectivity index (χ4v) is 3.74. The molecular formula is C17H19N3O3S. The number of amides is 2. The lowest BCUT2D eigenvalue weighted by molar-refractivity contribution is -0.124. The van der Waals surface area contributed by atoms with Gasteiger partial charge in [0.25, 0.3) is 11.1 Å². The smallest absolute Gasteiger partial charge is 0.295 e. The molecule has 3 rings (SSSR count). The molecule has 2 aromatic rings. The Labute approximate surface area is 143 Å². The third kappa shape index (κ3) is 2.49. The van der Waals surface area contributed by atoms with Crippen molar-refractivity contribution < 1.29 is 9.59 Å². The van der Waals surface area contributed by atoms with Crippen molar-refractivity contribution in [1.82, 2.24) is 14.0 Å². The predicted molar refractivity (Wildman–Crippen MR) is 95.7 cm³/mol. The van der Waals surface area contributed by atoms with E-state index in [4.69, 9.17) is 0 Å². The van der Waals surface area contributed by atoms with Crippen LogP contribution >= 0.6 is 11.8 Å². The highest BCUT2D eigenvalue weighted by Crippen LogP contribution is 2.34. The van der Waals surface area contributed by atoms with Gasteiger partial charge in [-0.05, 0) is 48.9 Å². The first-order valence-corrected chi connectivity index (χ1v) is 8.59. The maximum Gasteiger partial charge on any atom is 0.328 e. The van der Waals surface area contributed by atoms with Crippen LogP contribution in [0.1, 0.15) is 25.8 Å². The fraction of sp³-hybridized carbons (Fsp3) is 0.353. The molecule has 1 aromatic heterocycles. The molecule has 1 aromatic carbocycles. The van der Waals surface area contributed by atoms with Gasteiger partial charge in [0.05, 0.1) is 15.9 Å². The van der Waals surface area contributed by atoms with Crippen molar-refractivity contribution in [3.8, 4) is 0 Å². The van der Waals surface area contributed by atoms with Crippen LogP contribution in [0.4, 0.5) is 4.79 Å². The quantitative estimate of drug-likeness (QED) is 0.803. The van der Waals surface area contributed by atoms with Gasteiger partial charge in [0.2, 0.25) is 0 Å². The molecular weight excluding hydrogens is 326 g/mol. The van der Waals surface area contributed by atoms with Crippen molar-refractivity contribution >= 4 is 40.0 Å². The summed E-state index contributed by atoms with van der Waals surface area (Å²) in [4.78, 5) is 38.3. The van der Waals surface area contributed by atoms with Gasteiger partial charge in [-0.15, -0.1) is 0 Å². The molecule has 0 spiro atoms. The van der Waals surface area contributed by atoms with E-state index in [9.17, 15) is 14.4 Å². The number of hydrogen-bond acceptors (Lipinski definition) is 4. The van der Waals surface area contributed by atoms with Crippen LogP contribution in [-0.2, 0) is 18.9 Å². The topological polar surface area (TPSA) is 64.3 Å². The summed E-state index contributed by atoms with van der Waals surface area (Å²) in [5, 5.41) is -0.228. The molecule has 0 unspecified atom stereocenters. The van der Waals surface area contributed by atoms with Gasteiger partial charge in [0.1, 0.15) is 0 Å². The van der Waals surface area contributed by atoms with Crippen LogP contribution in [0.5, 0.6) is 0 Å². The summed E-state index contributed by atoms with van der Waals surface area (Å²) >= 11 is 0.963. The maximum absolute atomic E-state index is 12.5. The average molecular weight is 345 g/mol. The number of imidazole rings is 1. The molecule has 0 aliphatic carbocycles. The standard InChI is InChI=1S/C17H19N3O3S/c1-5-10(2)20-15(21)14(24-17(20)23)9-11-6-7-12-13(8-11)19(4)16(22)18(12)3/h6-10H,5H2,1-4H3/b14-9+/t10-/m1/s1. The number of imide groups is 1. The molecule has 126 valence electrons. The number of benzene rings is 1. The van der Waals surface area contributed by atoms with E-state index in [0.717, 1.165) is 34.8 Å². The molecule has 1 aliphatic rings. The Bertz CT molecular complexity index is 938. The monoisotopic (exact) mass is 345 g/mol. The Morgan fingerprint density at radius 3 is 2.46 bits per heavy atom. The minimum absolute atomic E-state index is 0.0979. The number of aryl methyl sites for hydroxylation is 2. The summed E-state index contributed by atoms with van der Waals surface area (Å²) in [7, 11) is 3.44. The number of fused-ring (bicyclic) bond motifs is 1. The van der Waals surface area contributed by atoms with Crippen molar-refractivity contribution in [2.75, 3.05) is 0 Å². The first-order valence-electron chi connectivity index (χ1n) is 7.77. The summed E-state index contributed by atoms with van der Waals surface area (Å²) < 4.78 is 3.15. The Morgan fingerprint density at radius 2 is 1.79 bits per heavy atom. The Morgan fingerprint density at radius 1 is 1.12 bits per heavy atom. The lowest BCUT2D eigenvalue weighted by atomic mass is 10.1. The minimum atomic E-state index is -0.249. The number of thioether (sulfide) groups is 1. The maximum atomic E-state index is 12.5. The summed E-state index contributed by atoms with van der Waals surface area (Å²) in [6.07, 6.45) is 2.44. The van der Waals surface area contributed by atoms with Crippen molar-refractivity contribution in [2.45, 2.75) is 26.3 Å². The zero-order valence-electron chi connectivity index (χ0n) is 14.1. The van der Waals surface area contributed by atoms with Crippen LogP contribution in [0.15, 0.2) is 27.9 Å². The van der Waals surface area contributed by atoms with Crippen LogP contribution in [0.25, 0.3) is 17.1 Å². The van der Waals surface area contributed by atoms with Crippen molar-refractivity contribution in [2.24, 2.45) is 14.1 Å². The van der Waals surface area contributed by atoms with Crippen LogP contribution < -0.4 is 5.69 Å². The second kappa shape index (κ2) is 5.98. The van der Waals surface area contributed by atoms with Gasteiger partial charge in [-0.2, -0.15) is 0 Å². The summed E-state index contributed by atoms with van der Waals surface area (Å²) in [6.45, 7) is 3.81. The summed E-state index contributed by atoms with van der Waals surface area (Å²) in [6, 6.07) is 5.44. The SMILES string of the molecule is CC[C@@H](C)N1C(=O)S/C(=C/c2ccc3c(c2)n(C)c(=O)n3C)C1=O. The molecule has 1 aliphatic heterocycles. The highest BCUT2D eigenvalue weighted by molar-refractivity contribution is 8.18. The van der Waals surface area contributed by atoms with Gasteiger partial charge >= 0.3 is 5.69 Å². The van der Waals surface area contributed by atoms with E-state index < -0.39 is 0 Å². The zero-order chi connectivity index (χ0) is 17.6. The van der Waals surface area contributed by atoms with E-state index in [2.05, 4.69) is 0 Å². The Hall–Kier alpha value is -2.28. The van der Waals surface area contributed by atoms with Gasteiger partial charge in [-0.1, -0.05) is 13.0 Å². The van der Waals surface area contributed by atoms with Gasteiger partial charge in [0, 0.05) is 20.1 Å². The lowest BCUT2D eigenvalue weighted by Crippen LogP contribution is -2.36. The Balaban J connectivity index is 2.02. The molecule has 6 nitrogen and oxygen atoms in total. The molecule has 7 heteroatoms. The number of aromatic nitrogens is 2. The minimum Gasteiger partial charge on any atom is -0.295 e. The van der Waals surface area contributed by atoms with E-state index in [1.165, 1.54) is 4.90 Å². The lowest BCUT2D eigenvalue weighted by Gasteiger charge is -2.19. The first kappa shape index (κ1) is 16.6. The molecule has 1 fully saturated rings. The number of rotatable bonds is 3. The molecule has 2 amide bonds. The highest BCUT2D eigenvalue weighted by Gasteiger charge is 2.37. The van der Waals surface area contributed by atoms with E-state index in [-0.39, 0.29) is 22.9 Å².